The Kier molecular flexibility index (Phi) is 3.35. The number of phenols is 1. The average Bonchev–Trinajstić information content (AvgIpc) is 3.14. The van der Waals surface area contributed by atoms with Crippen molar-refractivity contribution in [3.05, 3.63) is 18.2 Å². The minimum absolute atomic E-state index is 0.0457. The van der Waals surface area contributed by atoms with E-state index in [1.807, 2.05) is 0 Å². The van der Waals surface area contributed by atoms with Crippen molar-refractivity contribution in [3.8, 4) is 5.75 Å². The molecule has 1 aromatic carbocycles. The lowest BCUT2D eigenvalue weighted by Gasteiger charge is -2.16. The molecule has 0 radical (unpaired) electrons. The molecular weight excluding hydrogens is 278 g/mol. The van der Waals surface area contributed by atoms with E-state index in [-0.39, 0.29) is 22.4 Å². The van der Waals surface area contributed by atoms with Gasteiger partial charge in [-0.15, -0.1) is 0 Å². The van der Waals surface area contributed by atoms with Crippen LogP contribution in [0.1, 0.15) is 19.3 Å². The van der Waals surface area contributed by atoms with Crippen LogP contribution in [-0.2, 0) is 10.0 Å². The number of aromatic hydroxyl groups is 1. The number of likely N-dealkylation sites (tertiary alicyclic amines) is 1. The molecule has 1 saturated carbocycles. The molecule has 0 amide bonds. The van der Waals surface area contributed by atoms with Crippen molar-refractivity contribution in [1.29, 1.82) is 0 Å². The van der Waals surface area contributed by atoms with E-state index in [4.69, 9.17) is 5.73 Å². The summed E-state index contributed by atoms with van der Waals surface area (Å²) in [5.41, 5.74) is 5.61. The zero-order valence-electron chi connectivity index (χ0n) is 11.1. The summed E-state index contributed by atoms with van der Waals surface area (Å²) in [6.07, 6.45) is 3.30. The normalized spacial score (nSPS) is 24.1. The summed E-state index contributed by atoms with van der Waals surface area (Å²) in [6, 6.07) is 4.56. The largest absolute Gasteiger partial charge is 0.506 e. The number of phenolic OH excluding ortho intramolecular Hbond substituents is 1. The molecule has 1 saturated heterocycles. The van der Waals surface area contributed by atoms with Crippen molar-refractivity contribution >= 4 is 15.7 Å². The summed E-state index contributed by atoms with van der Waals surface area (Å²) in [6.45, 7) is 1.73. The smallest absolute Gasteiger partial charge is 0.240 e. The fourth-order valence-electron chi connectivity index (χ4n) is 2.64. The molecule has 1 atom stereocenters. The number of rotatable bonds is 4. The summed E-state index contributed by atoms with van der Waals surface area (Å²) >= 11 is 0. The van der Waals surface area contributed by atoms with E-state index in [0.717, 1.165) is 19.5 Å². The zero-order chi connectivity index (χ0) is 14.3. The lowest BCUT2D eigenvalue weighted by atomic mass is 10.3. The lowest BCUT2D eigenvalue weighted by molar-refractivity contribution is 0.322. The van der Waals surface area contributed by atoms with E-state index in [9.17, 15) is 13.5 Å². The maximum Gasteiger partial charge on any atom is 0.240 e. The molecule has 1 aromatic rings. The molecule has 110 valence electrons. The van der Waals surface area contributed by atoms with Crippen LogP contribution in [0.2, 0.25) is 0 Å². The van der Waals surface area contributed by atoms with Crippen LogP contribution in [-0.4, -0.2) is 43.6 Å². The molecule has 6 nitrogen and oxygen atoms in total. The molecule has 20 heavy (non-hydrogen) atoms. The molecule has 7 heteroatoms. The van der Waals surface area contributed by atoms with Crippen molar-refractivity contribution in [2.24, 2.45) is 0 Å². The minimum atomic E-state index is -3.58. The van der Waals surface area contributed by atoms with Crippen molar-refractivity contribution < 1.29 is 13.5 Å². The Bertz CT molecular complexity index is 613. The highest BCUT2D eigenvalue weighted by Crippen LogP contribution is 2.30. The van der Waals surface area contributed by atoms with Crippen molar-refractivity contribution in [3.63, 3.8) is 0 Å². The first-order valence-electron chi connectivity index (χ1n) is 6.80. The third-order valence-electron chi connectivity index (χ3n) is 3.91. The first kappa shape index (κ1) is 13.7. The van der Waals surface area contributed by atoms with Gasteiger partial charge < -0.3 is 10.8 Å². The minimum Gasteiger partial charge on any atom is -0.506 e. The van der Waals surface area contributed by atoms with E-state index in [1.165, 1.54) is 31.0 Å². The van der Waals surface area contributed by atoms with Gasteiger partial charge >= 0.3 is 0 Å². The maximum atomic E-state index is 12.3. The number of anilines is 1. The number of nitrogens with one attached hydrogen (secondary N) is 1. The lowest BCUT2D eigenvalue weighted by Crippen LogP contribution is -2.37. The highest BCUT2D eigenvalue weighted by molar-refractivity contribution is 7.89. The molecule has 2 aliphatic rings. The summed E-state index contributed by atoms with van der Waals surface area (Å²) in [5.74, 6) is -0.107. The molecule has 4 N–H and O–H groups in total. The Labute approximate surface area is 118 Å². The number of hydrogen-bond donors (Lipinski definition) is 3. The van der Waals surface area contributed by atoms with Gasteiger partial charge in [-0.25, -0.2) is 13.1 Å². The van der Waals surface area contributed by atoms with Crippen LogP contribution in [0.3, 0.4) is 0 Å². The van der Waals surface area contributed by atoms with Gasteiger partial charge in [-0.3, -0.25) is 4.90 Å². The van der Waals surface area contributed by atoms with Gasteiger partial charge in [-0.05, 0) is 37.5 Å². The van der Waals surface area contributed by atoms with Crippen LogP contribution >= 0.6 is 0 Å². The first-order chi connectivity index (χ1) is 9.45. The van der Waals surface area contributed by atoms with Gasteiger partial charge in [0.2, 0.25) is 10.0 Å². The number of sulfonamides is 1. The standard InChI is InChI=1S/C13H19N3O3S/c14-12-7-11(3-4-13(12)17)20(18,19)15-9-5-6-16(8-9)10-1-2-10/h3-4,7,9-10,15,17H,1-2,5-6,8,14H2. The highest BCUT2D eigenvalue weighted by Gasteiger charge is 2.35. The van der Waals surface area contributed by atoms with E-state index < -0.39 is 10.0 Å². The van der Waals surface area contributed by atoms with Crippen molar-refractivity contribution in [2.45, 2.75) is 36.2 Å². The van der Waals surface area contributed by atoms with Crippen LogP contribution < -0.4 is 10.5 Å². The predicted molar refractivity (Wildman–Crippen MR) is 75.8 cm³/mol. The van der Waals surface area contributed by atoms with Crippen LogP contribution in [0.15, 0.2) is 23.1 Å². The molecule has 1 unspecified atom stereocenters. The van der Waals surface area contributed by atoms with Gasteiger partial charge in [-0.1, -0.05) is 0 Å². The zero-order valence-corrected chi connectivity index (χ0v) is 11.9. The molecule has 0 bridgehead atoms. The second kappa shape index (κ2) is 4.91. The molecule has 3 rings (SSSR count). The third-order valence-corrected chi connectivity index (χ3v) is 5.43. The third kappa shape index (κ3) is 2.74. The Morgan fingerprint density at radius 1 is 1.30 bits per heavy atom. The highest BCUT2D eigenvalue weighted by atomic mass is 32.2. The summed E-state index contributed by atoms with van der Waals surface area (Å²) < 4.78 is 27.3. The fourth-order valence-corrected chi connectivity index (χ4v) is 3.94. The monoisotopic (exact) mass is 297 g/mol. The molecular formula is C13H19N3O3S. The number of nitrogens with zero attached hydrogens (tertiary/aromatic N) is 1. The summed E-state index contributed by atoms with van der Waals surface area (Å²) in [4.78, 5) is 2.44. The quantitative estimate of drug-likeness (QED) is 0.555. The van der Waals surface area contributed by atoms with Crippen LogP contribution in [0, 0.1) is 0 Å². The maximum absolute atomic E-state index is 12.3. The van der Waals surface area contributed by atoms with Gasteiger partial charge in [0, 0.05) is 25.2 Å². The predicted octanol–water partition coefficient (Wildman–Crippen LogP) is 0.489. The van der Waals surface area contributed by atoms with Gasteiger partial charge in [0.25, 0.3) is 0 Å². The number of nitrogen functional groups attached to an aromatic ring is 1. The van der Waals surface area contributed by atoms with Crippen molar-refractivity contribution in [2.75, 3.05) is 18.8 Å². The van der Waals surface area contributed by atoms with E-state index in [0.29, 0.717) is 6.04 Å². The summed E-state index contributed by atoms with van der Waals surface area (Å²) in [5, 5.41) is 9.35. The molecule has 0 spiro atoms. The Balaban J connectivity index is 1.70. The molecule has 0 aromatic heterocycles. The van der Waals surface area contributed by atoms with Gasteiger partial charge in [-0.2, -0.15) is 0 Å². The number of hydrogen-bond acceptors (Lipinski definition) is 5. The van der Waals surface area contributed by atoms with Crippen molar-refractivity contribution in [1.82, 2.24) is 9.62 Å². The molecule has 1 aliphatic carbocycles. The molecule has 1 heterocycles. The Hall–Kier alpha value is -1.31. The first-order valence-corrected chi connectivity index (χ1v) is 8.29. The van der Waals surface area contributed by atoms with E-state index in [1.54, 1.807) is 0 Å². The van der Waals surface area contributed by atoms with Gasteiger partial charge in [0.15, 0.2) is 0 Å². The topological polar surface area (TPSA) is 95.7 Å². The number of nitrogens with two attached hydrogens (primary N) is 1. The second-order valence-corrected chi connectivity index (χ2v) is 7.27. The van der Waals surface area contributed by atoms with Gasteiger partial charge in [0.05, 0.1) is 10.6 Å². The molecule has 2 fully saturated rings. The summed E-state index contributed by atoms with van der Waals surface area (Å²) in [7, 11) is -3.58. The van der Waals surface area contributed by atoms with Crippen LogP contribution in [0.4, 0.5) is 5.69 Å². The van der Waals surface area contributed by atoms with Gasteiger partial charge in [0.1, 0.15) is 5.75 Å². The SMILES string of the molecule is Nc1cc(S(=O)(=O)NC2CCN(C3CC3)C2)ccc1O. The molecule has 1 aliphatic heterocycles. The van der Waals surface area contributed by atoms with Crippen LogP contribution in [0.25, 0.3) is 0 Å². The fraction of sp³-hybridized carbons (Fsp3) is 0.538. The van der Waals surface area contributed by atoms with Crippen LogP contribution in [0.5, 0.6) is 5.75 Å². The van der Waals surface area contributed by atoms with E-state index in [2.05, 4.69) is 9.62 Å². The number of benzene rings is 1. The average molecular weight is 297 g/mol. The van der Waals surface area contributed by atoms with E-state index >= 15 is 0 Å². The Morgan fingerprint density at radius 3 is 2.70 bits per heavy atom. The second-order valence-electron chi connectivity index (χ2n) is 5.55. The Morgan fingerprint density at radius 2 is 2.05 bits per heavy atom.